The van der Waals surface area contributed by atoms with Gasteiger partial charge in [-0.25, -0.2) is 9.37 Å². The van der Waals surface area contributed by atoms with E-state index >= 15 is 0 Å². The van der Waals surface area contributed by atoms with Gasteiger partial charge in [0.1, 0.15) is 18.0 Å². The first kappa shape index (κ1) is 14.7. The van der Waals surface area contributed by atoms with Crippen molar-refractivity contribution < 1.29 is 9.50 Å². The van der Waals surface area contributed by atoms with Crippen LogP contribution < -0.4 is 0 Å². The van der Waals surface area contributed by atoms with Crippen LogP contribution in [0.25, 0.3) is 0 Å². The number of aliphatic hydroxyl groups is 1. The maximum atomic E-state index is 13.2. The van der Waals surface area contributed by atoms with E-state index in [-0.39, 0.29) is 5.82 Å². The average Bonchev–Trinajstić information content (AvgIpc) is 2.75. The molecule has 5 heteroatoms. The Balaban J connectivity index is 2.08. The molecule has 0 amide bonds. The topological polar surface area (TPSA) is 50.9 Å². The number of benzene rings is 1. The van der Waals surface area contributed by atoms with Crippen LogP contribution in [-0.2, 0) is 19.4 Å². The van der Waals surface area contributed by atoms with Crippen molar-refractivity contribution >= 4 is 0 Å². The molecule has 0 fully saturated rings. The molecule has 0 aliphatic carbocycles. The third-order valence-corrected chi connectivity index (χ3v) is 3.14. The summed E-state index contributed by atoms with van der Waals surface area (Å²) in [5.74, 6) is 0.473. The second-order valence-corrected chi connectivity index (χ2v) is 5.38. The summed E-state index contributed by atoms with van der Waals surface area (Å²) in [5.41, 5.74) is -0.205. The summed E-state index contributed by atoms with van der Waals surface area (Å²) in [4.78, 5) is 4.20. The number of rotatable bonds is 6. The van der Waals surface area contributed by atoms with E-state index in [2.05, 4.69) is 17.0 Å². The van der Waals surface area contributed by atoms with Gasteiger partial charge in [-0.15, -0.1) is 0 Å². The van der Waals surface area contributed by atoms with E-state index in [1.165, 1.54) is 18.5 Å². The van der Waals surface area contributed by atoms with Crippen molar-refractivity contribution in [3.63, 3.8) is 0 Å². The van der Waals surface area contributed by atoms with Crippen molar-refractivity contribution in [2.45, 2.75) is 45.3 Å². The fourth-order valence-corrected chi connectivity index (χ4v) is 2.31. The largest absolute Gasteiger partial charge is 0.389 e. The van der Waals surface area contributed by atoms with E-state index in [0.29, 0.717) is 12.8 Å². The minimum atomic E-state index is -0.980. The minimum Gasteiger partial charge on any atom is -0.389 e. The molecule has 0 saturated heterocycles. The van der Waals surface area contributed by atoms with E-state index in [1.807, 2.05) is 6.07 Å². The molecule has 1 unspecified atom stereocenters. The van der Waals surface area contributed by atoms with Crippen molar-refractivity contribution in [1.29, 1.82) is 0 Å². The second-order valence-electron chi connectivity index (χ2n) is 5.38. The van der Waals surface area contributed by atoms with Gasteiger partial charge in [0, 0.05) is 19.4 Å². The standard InChI is InChI=1S/C15H20FN3O/c1-3-7-19-14(17-11-18-19)10-15(2,20)9-12-5-4-6-13(16)8-12/h4-6,8,11,20H,3,7,9-10H2,1-2H3. The molecule has 2 rings (SSSR count). The van der Waals surface area contributed by atoms with Crippen molar-refractivity contribution in [3.05, 3.63) is 47.8 Å². The molecule has 108 valence electrons. The molecule has 2 aromatic rings. The van der Waals surface area contributed by atoms with E-state index in [0.717, 1.165) is 24.4 Å². The van der Waals surface area contributed by atoms with Crippen LogP contribution in [0, 0.1) is 5.82 Å². The summed E-state index contributed by atoms with van der Waals surface area (Å²) >= 11 is 0. The second kappa shape index (κ2) is 6.13. The molecule has 0 aliphatic rings. The molecule has 1 heterocycles. The summed E-state index contributed by atoms with van der Waals surface area (Å²) in [6.07, 6.45) is 3.24. The summed E-state index contributed by atoms with van der Waals surface area (Å²) in [7, 11) is 0. The van der Waals surface area contributed by atoms with Crippen molar-refractivity contribution in [2.75, 3.05) is 0 Å². The highest BCUT2D eigenvalue weighted by atomic mass is 19.1. The summed E-state index contributed by atoms with van der Waals surface area (Å²) in [5, 5.41) is 14.7. The predicted molar refractivity (Wildman–Crippen MR) is 74.7 cm³/mol. The van der Waals surface area contributed by atoms with Gasteiger partial charge in [0.05, 0.1) is 5.60 Å². The SMILES string of the molecule is CCCn1ncnc1CC(C)(O)Cc1cccc(F)c1. The predicted octanol–water partition coefficient (Wildman–Crippen LogP) is 2.36. The molecule has 1 atom stereocenters. The number of hydrogen-bond donors (Lipinski definition) is 1. The average molecular weight is 277 g/mol. The molecule has 0 saturated carbocycles. The quantitative estimate of drug-likeness (QED) is 0.882. The highest BCUT2D eigenvalue weighted by Gasteiger charge is 2.24. The molecule has 0 aliphatic heterocycles. The Hall–Kier alpha value is -1.75. The lowest BCUT2D eigenvalue weighted by atomic mass is 9.93. The van der Waals surface area contributed by atoms with Gasteiger partial charge >= 0.3 is 0 Å². The molecule has 4 nitrogen and oxygen atoms in total. The molecule has 0 spiro atoms. The molecule has 1 aromatic carbocycles. The van der Waals surface area contributed by atoms with Gasteiger partial charge in [-0.05, 0) is 31.0 Å². The Morgan fingerprint density at radius 2 is 2.15 bits per heavy atom. The van der Waals surface area contributed by atoms with Gasteiger partial charge in [-0.1, -0.05) is 19.1 Å². The Kier molecular flexibility index (Phi) is 4.49. The Morgan fingerprint density at radius 1 is 1.35 bits per heavy atom. The van der Waals surface area contributed by atoms with Crippen LogP contribution in [0.15, 0.2) is 30.6 Å². The van der Waals surface area contributed by atoms with Gasteiger partial charge in [0.25, 0.3) is 0 Å². The van der Waals surface area contributed by atoms with Gasteiger partial charge in [-0.2, -0.15) is 5.10 Å². The van der Waals surface area contributed by atoms with Crippen molar-refractivity contribution in [1.82, 2.24) is 14.8 Å². The van der Waals surface area contributed by atoms with Gasteiger partial charge < -0.3 is 5.11 Å². The fourth-order valence-electron chi connectivity index (χ4n) is 2.31. The molecular weight excluding hydrogens is 257 g/mol. The first-order valence-corrected chi connectivity index (χ1v) is 6.84. The molecule has 20 heavy (non-hydrogen) atoms. The van der Waals surface area contributed by atoms with Crippen molar-refractivity contribution in [3.8, 4) is 0 Å². The molecule has 1 N–H and O–H groups in total. The first-order valence-electron chi connectivity index (χ1n) is 6.84. The third-order valence-electron chi connectivity index (χ3n) is 3.14. The Bertz CT molecular complexity index is 566. The lowest BCUT2D eigenvalue weighted by Gasteiger charge is -2.23. The number of aromatic nitrogens is 3. The maximum Gasteiger partial charge on any atom is 0.138 e. The van der Waals surface area contributed by atoms with Gasteiger partial charge in [0.15, 0.2) is 0 Å². The number of halogens is 1. The smallest absolute Gasteiger partial charge is 0.138 e. The first-order chi connectivity index (χ1) is 9.50. The zero-order valence-electron chi connectivity index (χ0n) is 11.9. The third kappa shape index (κ3) is 3.87. The zero-order valence-corrected chi connectivity index (χ0v) is 11.9. The lowest BCUT2D eigenvalue weighted by molar-refractivity contribution is 0.0575. The molecule has 0 radical (unpaired) electrons. The van der Waals surface area contributed by atoms with E-state index in [9.17, 15) is 9.50 Å². The molecule has 1 aromatic heterocycles. The maximum absolute atomic E-state index is 13.2. The van der Waals surface area contributed by atoms with Crippen LogP contribution in [0.3, 0.4) is 0 Å². The number of aryl methyl sites for hydroxylation is 1. The molecular formula is C15H20FN3O. The Labute approximate surface area is 118 Å². The minimum absolute atomic E-state index is 0.285. The van der Waals surface area contributed by atoms with E-state index < -0.39 is 5.60 Å². The summed E-state index contributed by atoms with van der Waals surface area (Å²) in [6.45, 7) is 4.59. The van der Waals surface area contributed by atoms with Crippen LogP contribution in [0.5, 0.6) is 0 Å². The van der Waals surface area contributed by atoms with Crippen LogP contribution in [0.1, 0.15) is 31.7 Å². The summed E-state index contributed by atoms with van der Waals surface area (Å²) < 4.78 is 15.0. The van der Waals surface area contributed by atoms with Crippen LogP contribution >= 0.6 is 0 Å². The van der Waals surface area contributed by atoms with Crippen LogP contribution in [0.4, 0.5) is 4.39 Å². The highest BCUT2D eigenvalue weighted by molar-refractivity contribution is 5.18. The van der Waals surface area contributed by atoms with Gasteiger partial charge in [-0.3, -0.25) is 4.68 Å². The monoisotopic (exact) mass is 277 g/mol. The van der Waals surface area contributed by atoms with Gasteiger partial charge in [0.2, 0.25) is 0 Å². The lowest BCUT2D eigenvalue weighted by Crippen LogP contribution is -2.31. The van der Waals surface area contributed by atoms with E-state index in [1.54, 1.807) is 17.7 Å². The summed E-state index contributed by atoms with van der Waals surface area (Å²) in [6, 6.07) is 6.32. The fraction of sp³-hybridized carbons (Fsp3) is 0.467. The zero-order chi connectivity index (χ0) is 14.6. The van der Waals surface area contributed by atoms with Crippen molar-refractivity contribution in [2.24, 2.45) is 0 Å². The van der Waals surface area contributed by atoms with Crippen LogP contribution in [-0.4, -0.2) is 25.5 Å². The Morgan fingerprint density at radius 3 is 2.85 bits per heavy atom. The van der Waals surface area contributed by atoms with Crippen LogP contribution in [0.2, 0.25) is 0 Å². The molecule has 0 bridgehead atoms. The normalized spacial score (nSPS) is 14.2. The van der Waals surface area contributed by atoms with E-state index in [4.69, 9.17) is 0 Å². The number of hydrogen-bond acceptors (Lipinski definition) is 3. The highest BCUT2D eigenvalue weighted by Crippen LogP contribution is 2.18. The number of nitrogens with zero attached hydrogens (tertiary/aromatic N) is 3.